The average molecular weight is 455 g/mol. The lowest BCUT2D eigenvalue weighted by molar-refractivity contribution is 0.0600. The van der Waals surface area contributed by atoms with Crippen LogP contribution < -0.4 is 9.80 Å². The first-order valence-electron chi connectivity index (χ1n) is 10.6. The molecule has 5 nitrogen and oxygen atoms in total. The summed E-state index contributed by atoms with van der Waals surface area (Å²) in [5, 5.41) is 0. The normalized spacial score (nSPS) is 15.3. The number of methoxy groups -OCH3 is 1. The number of hydrogen-bond acceptors (Lipinski definition) is 5. The van der Waals surface area contributed by atoms with Crippen molar-refractivity contribution < 1.29 is 14.3 Å². The maximum Gasteiger partial charge on any atom is 0.337 e. The van der Waals surface area contributed by atoms with Crippen molar-refractivity contribution in [3.8, 4) is 10.4 Å². The molecule has 3 aromatic carbocycles. The van der Waals surface area contributed by atoms with E-state index in [1.807, 2.05) is 78.7 Å². The van der Waals surface area contributed by atoms with Gasteiger partial charge in [0.1, 0.15) is 6.17 Å². The van der Waals surface area contributed by atoms with Crippen LogP contribution in [0.1, 0.15) is 31.8 Å². The van der Waals surface area contributed by atoms with Crippen molar-refractivity contribution in [1.82, 2.24) is 0 Å². The largest absolute Gasteiger partial charge is 0.465 e. The van der Waals surface area contributed by atoms with Gasteiger partial charge >= 0.3 is 5.97 Å². The SMILES string of the molecule is COC(=O)c1ccc(-c2ccc(C3N(C)c4ccccc4C(=O)N3c3ccccc3)s2)cc1. The highest BCUT2D eigenvalue weighted by Crippen LogP contribution is 2.43. The maximum absolute atomic E-state index is 13.6. The van der Waals surface area contributed by atoms with Gasteiger partial charge in [0, 0.05) is 22.5 Å². The molecular formula is C27H22N2O3S. The molecule has 0 saturated carbocycles. The van der Waals surface area contributed by atoms with Gasteiger partial charge in [-0.25, -0.2) is 4.79 Å². The van der Waals surface area contributed by atoms with E-state index in [9.17, 15) is 9.59 Å². The van der Waals surface area contributed by atoms with E-state index in [-0.39, 0.29) is 18.0 Å². The molecule has 1 aromatic heterocycles. The molecule has 0 fully saturated rings. The van der Waals surface area contributed by atoms with Gasteiger partial charge in [0.15, 0.2) is 0 Å². The van der Waals surface area contributed by atoms with Crippen LogP contribution in [0.4, 0.5) is 11.4 Å². The van der Waals surface area contributed by atoms with Gasteiger partial charge in [-0.2, -0.15) is 0 Å². The molecule has 1 amide bonds. The summed E-state index contributed by atoms with van der Waals surface area (Å²) in [6, 6.07) is 29.0. The molecule has 0 bridgehead atoms. The van der Waals surface area contributed by atoms with Crippen molar-refractivity contribution in [1.29, 1.82) is 0 Å². The lowest BCUT2D eigenvalue weighted by Crippen LogP contribution is -2.47. The minimum Gasteiger partial charge on any atom is -0.465 e. The Morgan fingerprint density at radius 3 is 2.30 bits per heavy atom. The fraction of sp³-hybridized carbons (Fsp3) is 0.111. The first-order chi connectivity index (χ1) is 16.1. The van der Waals surface area contributed by atoms with Crippen LogP contribution in [0.15, 0.2) is 91.0 Å². The van der Waals surface area contributed by atoms with Crippen LogP contribution in [0.2, 0.25) is 0 Å². The first kappa shape index (κ1) is 21.0. The fourth-order valence-electron chi connectivity index (χ4n) is 4.21. The molecular weight excluding hydrogens is 432 g/mol. The van der Waals surface area contributed by atoms with Gasteiger partial charge in [-0.15, -0.1) is 11.3 Å². The average Bonchev–Trinajstić information content (AvgIpc) is 3.36. The molecule has 0 saturated heterocycles. The Morgan fingerprint density at radius 2 is 1.58 bits per heavy atom. The lowest BCUT2D eigenvalue weighted by atomic mass is 10.0. The molecule has 2 heterocycles. The number of anilines is 2. The monoisotopic (exact) mass is 454 g/mol. The van der Waals surface area contributed by atoms with E-state index in [0.717, 1.165) is 26.7 Å². The molecule has 1 aliphatic heterocycles. The van der Waals surface area contributed by atoms with Crippen LogP contribution in [-0.4, -0.2) is 26.0 Å². The number of amides is 1. The third-order valence-electron chi connectivity index (χ3n) is 5.85. The minimum atomic E-state index is -0.354. The van der Waals surface area contributed by atoms with Crippen molar-refractivity contribution in [2.45, 2.75) is 6.17 Å². The number of esters is 1. The second-order valence-electron chi connectivity index (χ2n) is 7.78. The molecule has 1 unspecified atom stereocenters. The zero-order chi connectivity index (χ0) is 22.9. The summed E-state index contributed by atoms with van der Waals surface area (Å²) in [4.78, 5) is 31.5. The Labute approximate surface area is 196 Å². The lowest BCUT2D eigenvalue weighted by Gasteiger charge is -2.43. The van der Waals surface area contributed by atoms with Crippen LogP contribution >= 0.6 is 11.3 Å². The predicted molar refractivity (Wildman–Crippen MR) is 132 cm³/mol. The van der Waals surface area contributed by atoms with Crippen molar-refractivity contribution >= 4 is 34.6 Å². The van der Waals surface area contributed by atoms with Crippen LogP contribution in [0.25, 0.3) is 10.4 Å². The second-order valence-corrected chi connectivity index (χ2v) is 8.90. The highest BCUT2D eigenvalue weighted by Gasteiger charge is 2.38. The molecule has 0 N–H and O–H groups in total. The summed E-state index contributed by atoms with van der Waals surface area (Å²) in [7, 11) is 3.40. The number of nitrogens with zero attached hydrogens (tertiary/aromatic N) is 2. The maximum atomic E-state index is 13.6. The second kappa shape index (κ2) is 8.56. The van der Waals surface area contributed by atoms with Crippen LogP contribution in [0, 0.1) is 0 Å². The number of benzene rings is 3. The fourth-order valence-corrected chi connectivity index (χ4v) is 5.36. The predicted octanol–water partition coefficient (Wildman–Crippen LogP) is 6.00. The molecule has 33 heavy (non-hydrogen) atoms. The van der Waals surface area contributed by atoms with E-state index in [4.69, 9.17) is 4.74 Å². The third-order valence-corrected chi connectivity index (χ3v) is 7.03. The van der Waals surface area contributed by atoms with Gasteiger partial charge in [0.25, 0.3) is 5.91 Å². The molecule has 164 valence electrons. The zero-order valence-corrected chi connectivity index (χ0v) is 19.1. The Kier molecular flexibility index (Phi) is 5.44. The molecule has 0 radical (unpaired) electrons. The van der Waals surface area contributed by atoms with Gasteiger partial charge < -0.3 is 9.64 Å². The Morgan fingerprint density at radius 1 is 0.879 bits per heavy atom. The molecule has 5 rings (SSSR count). The van der Waals surface area contributed by atoms with Crippen molar-refractivity contribution in [2.75, 3.05) is 24.0 Å². The Balaban J connectivity index is 1.56. The molecule has 6 heteroatoms. The third kappa shape index (κ3) is 3.68. The van der Waals surface area contributed by atoms with E-state index in [1.165, 1.54) is 7.11 Å². The van der Waals surface area contributed by atoms with Crippen molar-refractivity contribution in [3.05, 3.63) is 107 Å². The molecule has 1 aliphatic rings. The number of para-hydroxylation sites is 2. The molecule has 1 atom stereocenters. The smallest absolute Gasteiger partial charge is 0.337 e. The molecule has 4 aromatic rings. The summed E-state index contributed by atoms with van der Waals surface area (Å²) >= 11 is 1.64. The van der Waals surface area contributed by atoms with E-state index in [1.54, 1.807) is 23.5 Å². The number of thiophene rings is 1. The number of rotatable bonds is 4. The van der Waals surface area contributed by atoms with Crippen LogP contribution in [0.3, 0.4) is 0 Å². The number of ether oxygens (including phenoxy) is 1. The Hall–Kier alpha value is -3.90. The highest BCUT2D eigenvalue weighted by atomic mass is 32.1. The summed E-state index contributed by atoms with van der Waals surface area (Å²) in [5.41, 5.74) is 3.98. The number of hydrogen-bond donors (Lipinski definition) is 0. The summed E-state index contributed by atoms with van der Waals surface area (Å²) < 4.78 is 4.79. The summed E-state index contributed by atoms with van der Waals surface area (Å²) in [6.07, 6.45) is -0.275. The molecule has 0 spiro atoms. The van der Waals surface area contributed by atoms with Crippen LogP contribution in [-0.2, 0) is 4.74 Å². The first-order valence-corrected chi connectivity index (χ1v) is 11.4. The minimum absolute atomic E-state index is 0.0164. The van der Waals surface area contributed by atoms with Gasteiger partial charge in [-0.3, -0.25) is 9.69 Å². The molecule has 0 aliphatic carbocycles. The van der Waals surface area contributed by atoms with Gasteiger partial charge in [-0.05, 0) is 54.1 Å². The topological polar surface area (TPSA) is 49.9 Å². The van der Waals surface area contributed by atoms with Gasteiger partial charge in [0.05, 0.1) is 23.9 Å². The Bertz CT molecular complexity index is 1310. The highest BCUT2D eigenvalue weighted by molar-refractivity contribution is 7.15. The van der Waals surface area contributed by atoms with E-state index >= 15 is 0 Å². The van der Waals surface area contributed by atoms with Crippen LogP contribution in [0.5, 0.6) is 0 Å². The number of carbonyl (C=O) groups is 2. The number of carbonyl (C=O) groups excluding carboxylic acids is 2. The quantitative estimate of drug-likeness (QED) is 0.355. The van der Waals surface area contributed by atoms with Crippen molar-refractivity contribution in [2.24, 2.45) is 0 Å². The van der Waals surface area contributed by atoms with E-state index < -0.39 is 0 Å². The zero-order valence-electron chi connectivity index (χ0n) is 18.3. The van der Waals surface area contributed by atoms with E-state index in [2.05, 4.69) is 17.0 Å². The summed E-state index contributed by atoms with van der Waals surface area (Å²) in [6.45, 7) is 0. The standard InChI is InChI=1S/C27H22N2O3S/c1-28-22-11-7-6-10-21(22)26(30)29(20-8-4-3-5-9-20)25(28)24-17-16-23(33-24)18-12-14-19(15-13-18)27(31)32-2/h3-17,25H,1-2H3. The van der Waals surface area contributed by atoms with Gasteiger partial charge in [0.2, 0.25) is 0 Å². The van der Waals surface area contributed by atoms with Crippen molar-refractivity contribution in [3.63, 3.8) is 0 Å². The number of fused-ring (bicyclic) bond motifs is 1. The van der Waals surface area contributed by atoms with E-state index in [0.29, 0.717) is 11.1 Å². The summed E-state index contributed by atoms with van der Waals surface area (Å²) in [5.74, 6) is -0.370. The van der Waals surface area contributed by atoms with Gasteiger partial charge in [-0.1, -0.05) is 42.5 Å².